The summed E-state index contributed by atoms with van der Waals surface area (Å²) in [4.78, 5) is 14.1. The molecule has 136 valence electrons. The normalized spacial score (nSPS) is 28.5. The first kappa shape index (κ1) is 17.0. The average molecular weight is 364 g/mol. The minimum Gasteiger partial charge on any atom is -0.395 e. The zero-order valence-electron chi connectivity index (χ0n) is 14.3. The summed E-state index contributed by atoms with van der Waals surface area (Å²) >= 11 is 0. The number of hydrogen-bond acceptors (Lipinski definition) is 4. The van der Waals surface area contributed by atoms with Gasteiger partial charge in [-0.05, 0) is 25.3 Å². The van der Waals surface area contributed by atoms with Crippen molar-refractivity contribution in [3.05, 3.63) is 35.9 Å². The van der Waals surface area contributed by atoms with E-state index >= 15 is 0 Å². The topological polar surface area (TPSA) is 77.9 Å². The molecule has 25 heavy (non-hydrogen) atoms. The number of carbonyl (C=O) groups excluding carboxylic acids is 1. The zero-order chi connectivity index (χ0) is 17.8. The lowest BCUT2D eigenvalue weighted by Crippen LogP contribution is -2.86. The fourth-order valence-electron chi connectivity index (χ4n) is 4.57. The quantitative estimate of drug-likeness (QED) is 0.838. The standard InChI is InChI=1S/C18H24N2O4S/c1-2-25(23,24)20-15(10-21)16(13-6-4-3-5-7-13)18(20)11-19(12-18)17(22)14-8-9-14/h3-7,14-16,21H,2,8-12H2,1H3/t15-,16+/m0/s1. The van der Waals surface area contributed by atoms with Crippen molar-refractivity contribution in [1.82, 2.24) is 9.21 Å². The number of likely N-dealkylation sites (tertiary alicyclic amines) is 1. The molecule has 7 heteroatoms. The van der Waals surface area contributed by atoms with Gasteiger partial charge in [-0.25, -0.2) is 8.42 Å². The van der Waals surface area contributed by atoms with E-state index in [0.717, 1.165) is 18.4 Å². The van der Waals surface area contributed by atoms with E-state index < -0.39 is 21.6 Å². The van der Waals surface area contributed by atoms with Crippen LogP contribution in [0.4, 0.5) is 0 Å². The summed E-state index contributed by atoms with van der Waals surface area (Å²) in [7, 11) is -3.45. The van der Waals surface area contributed by atoms with Crippen LogP contribution in [0.15, 0.2) is 30.3 Å². The van der Waals surface area contributed by atoms with Crippen LogP contribution in [0.5, 0.6) is 0 Å². The van der Waals surface area contributed by atoms with Crippen LogP contribution in [0, 0.1) is 5.92 Å². The van der Waals surface area contributed by atoms with E-state index in [1.807, 2.05) is 30.3 Å². The first-order valence-corrected chi connectivity index (χ1v) is 10.5. The minimum absolute atomic E-state index is 0.00330. The van der Waals surface area contributed by atoms with Crippen LogP contribution in [-0.2, 0) is 14.8 Å². The van der Waals surface area contributed by atoms with E-state index in [-0.39, 0.29) is 30.1 Å². The molecule has 2 heterocycles. The maximum absolute atomic E-state index is 12.7. The second-order valence-corrected chi connectivity index (χ2v) is 9.54. The summed E-state index contributed by atoms with van der Waals surface area (Å²) in [6.45, 7) is 2.27. The van der Waals surface area contributed by atoms with Gasteiger partial charge in [0.1, 0.15) is 0 Å². The predicted octanol–water partition coefficient (Wildman–Crippen LogP) is 0.787. The number of aliphatic hydroxyl groups is 1. The molecule has 0 aromatic heterocycles. The molecule has 0 unspecified atom stereocenters. The lowest BCUT2D eigenvalue weighted by molar-refractivity contribution is -0.168. The third kappa shape index (κ3) is 2.44. The van der Waals surface area contributed by atoms with Crippen molar-refractivity contribution in [2.45, 2.75) is 37.3 Å². The van der Waals surface area contributed by atoms with Gasteiger partial charge in [0.2, 0.25) is 15.9 Å². The summed E-state index contributed by atoms with van der Waals surface area (Å²) < 4.78 is 26.8. The Hall–Kier alpha value is -1.44. The Balaban J connectivity index is 1.67. The van der Waals surface area contributed by atoms with Gasteiger partial charge in [0, 0.05) is 24.9 Å². The predicted molar refractivity (Wildman–Crippen MR) is 93.4 cm³/mol. The molecule has 1 N–H and O–H groups in total. The fourth-order valence-corrected chi connectivity index (χ4v) is 6.23. The molecule has 2 aliphatic heterocycles. The Kier molecular flexibility index (Phi) is 3.94. The fraction of sp³-hybridized carbons (Fsp3) is 0.611. The van der Waals surface area contributed by atoms with Crippen LogP contribution in [0.2, 0.25) is 0 Å². The van der Waals surface area contributed by atoms with E-state index in [4.69, 9.17) is 0 Å². The van der Waals surface area contributed by atoms with Gasteiger partial charge in [-0.2, -0.15) is 4.31 Å². The lowest BCUT2D eigenvalue weighted by atomic mass is 9.63. The number of nitrogens with zero attached hydrogens (tertiary/aromatic N) is 2. The molecular weight excluding hydrogens is 340 g/mol. The molecule has 1 saturated carbocycles. The monoisotopic (exact) mass is 364 g/mol. The molecule has 0 radical (unpaired) electrons. The third-order valence-electron chi connectivity index (χ3n) is 5.88. The van der Waals surface area contributed by atoms with E-state index in [1.54, 1.807) is 11.8 Å². The number of carbonyl (C=O) groups is 1. The van der Waals surface area contributed by atoms with Crippen molar-refractivity contribution in [3.63, 3.8) is 0 Å². The Labute approximate surface area is 148 Å². The van der Waals surface area contributed by atoms with Gasteiger partial charge in [0.05, 0.1) is 23.9 Å². The summed E-state index contributed by atoms with van der Waals surface area (Å²) in [5.41, 5.74) is 0.427. The molecule has 1 aromatic carbocycles. The molecule has 3 fully saturated rings. The van der Waals surface area contributed by atoms with E-state index in [1.165, 1.54) is 4.31 Å². The first-order chi connectivity index (χ1) is 11.9. The van der Waals surface area contributed by atoms with Gasteiger partial charge >= 0.3 is 0 Å². The molecule has 2 atom stereocenters. The molecule has 1 aliphatic carbocycles. The van der Waals surface area contributed by atoms with Gasteiger partial charge in [0.25, 0.3) is 0 Å². The highest BCUT2D eigenvalue weighted by Crippen LogP contribution is 2.55. The van der Waals surface area contributed by atoms with Crippen LogP contribution < -0.4 is 0 Å². The van der Waals surface area contributed by atoms with Crippen molar-refractivity contribution in [2.75, 3.05) is 25.4 Å². The van der Waals surface area contributed by atoms with Gasteiger partial charge < -0.3 is 10.0 Å². The second-order valence-electron chi connectivity index (χ2n) is 7.41. The summed E-state index contributed by atoms with van der Waals surface area (Å²) in [5, 5.41) is 9.89. The van der Waals surface area contributed by atoms with E-state index in [0.29, 0.717) is 13.1 Å². The average Bonchev–Trinajstić information content (AvgIpc) is 3.38. The number of amides is 1. The van der Waals surface area contributed by atoms with Crippen LogP contribution in [-0.4, -0.2) is 65.7 Å². The van der Waals surface area contributed by atoms with Crippen molar-refractivity contribution >= 4 is 15.9 Å². The molecule has 1 aromatic rings. The summed E-state index contributed by atoms with van der Waals surface area (Å²) in [5.74, 6) is 0.211. The molecule has 4 rings (SSSR count). The van der Waals surface area contributed by atoms with Crippen molar-refractivity contribution in [2.24, 2.45) is 5.92 Å². The summed E-state index contributed by atoms with van der Waals surface area (Å²) in [6.07, 6.45) is 1.89. The van der Waals surface area contributed by atoms with Gasteiger partial charge in [0.15, 0.2) is 0 Å². The molecule has 0 bridgehead atoms. The lowest BCUT2D eigenvalue weighted by Gasteiger charge is -2.69. The smallest absolute Gasteiger partial charge is 0.225 e. The maximum Gasteiger partial charge on any atom is 0.225 e. The number of rotatable bonds is 5. The van der Waals surface area contributed by atoms with Crippen molar-refractivity contribution < 1.29 is 18.3 Å². The van der Waals surface area contributed by atoms with Gasteiger partial charge in [-0.15, -0.1) is 0 Å². The van der Waals surface area contributed by atoms with Crippen LogP contribution in [0.1, 0.15) is 31.2 Å². The first-order valence-electron chi connectivity index (χ1n) is 8.91. The van der Waals surface area contributed by atoms with Crippen LogP contribution in [0.3, 0.4) is 0 Å². The highest BCUT2D eigenvalue weighted by Gasteiger charge is 2.70. The highest BCUT2D eigenvalue weighted by molar-refractivity contribution is 7.89. The SMILES string of the molecule is CCS(=O)(=O)N1[C@@H](CO)[C@@H](c2ccccc2)C12CN(C(=O)C1CC1)C2. The van der Waals surface area contributed by atoms with E-state index in [2.05, 4.69) is 0 Å². The Morgan fingerprint density at radius 1 is 1.24 bits per heavy atom. The maximum atomic E-state index is 12.7. The highest BCUT2D eigenvalue weighted by atomic mass is 32.2. The Morgan fingerprint density at radius 3 is 2.40 bits per heavy atom. The number of benzene rings is 1. The molecule has 3 aliphatic rings. The van der Waals surface area contributed by atoms with Gasteiger partial charge in [-0.1, -0.05) is 30.3 Å². The molecular formula is C18H24N2O4S. The third-order valence-corrected chi connectivity index (χ3v) is 7.85. The van der Waals surface area contributed by atoms with Gasteiger partial charge in [-0.3, -0.25) is 4.79 Å². The number of sulfonamides is 1. The summed E-state index contributed by atoms with van der Waals surface area (Å²) in [6, 6.07) is 9.30. The Bertz CT molecular complexity index is 770. The molecule has 6 nitrogen and oxygen atoms in total. The zero-order valence-corrected chi connectivity index (χ0v) is 15.2. The second kappa shape index (κ2) is 5.79. The van der Waals surface area contributed by atoms with E-state index in [9.17, 15) is 18.3 Å². The molecule has 1 spiro atoms. The Morgan fingerprint density at radius 2 is 1.88 bits per heavy atom. The van der Waals surface area contributed by atoms with Crippen LogP contribution >= 0.6 is 0 Å². The largest absolute Gasteiger partial charge is 0.395 e. The number of hydrogen-bond donors (Lipinski definition) is 1. The molecule has 2 saturated heterocycles. The minimum atomic E-state index is -3.45. The number of aliphatic hydroxyl groups excluding tert-OH is 1. The van der Waals surface area contributed by atoms with Crippen molar-refractivity contribution in [3.8, 4) is 0 Å². The molecule has 1 amide bonds. The van der Waals surface area contributed by atoms with Crippen molar-refractivity contribution in [1.29, 1.82) is 0 Å². The van der Waals surface area contributed by atoms with Crippen LogP contribution in [0.25, 0.3) is 0 Å².